The molecule has 0 aromatic carbocycles. The molecule has 2 aromatic rings. The summed E-state index contributed by atoms with van der Waals surface area (Å²) in [5.74, 6) is -0.852. The number of ketones is 1. The number of carbonyl (C=O) groups excluding carboxylic acids is 2. The van der Waals surface area contributed by atoms with E-state index in [4.69, 9.17) is 9.47 Å². The predicted octanol–water partition coefficient (Wildman–Crippen LogP) is 4.39. The predicted molar refractivity (Wildman–Crippen MR) is 139 cm³/mol. The highest BCUT2D eigenvalue weighted by atomic mass is 28.3. The van der Waals surface area contributed by atoms with Gasteiger partial charge < -0.3 is 14.8 Å². The van der Waals surface area contributed by atoms with Crippen molar-refractivity contribution in [2.75, 3.05) is 20.3 Å². The Morgan fingerprint density at radius 2 is 2.00 bits per heavy atom. The summed E-state index contributed by atoms with van der Waals surface area (Å²) in [5, 5.41) is 8.08. The molecule has 3 atom stereocenters. The van der Waals surface area contributed by atoms with Gasteiger partial charge in [0.1, 0.15) is 12.4 Å². The minimum Gasteiger partial charge on any atom is -0.469 e. The second-order valence-electron chi connectivity index (χ2n) is 12.0. The van der Waals surface area contributed by atoms with Gasteiger partial charge in [-0.2, -0.15) is 5.10 Å². The smallest absolute Gasteiger partial charge is 0.308 e. The zero-order chi connectivity index (χ0) is 26.4. The van der Waals surface area contributed by atoms with Crippen LogP contribution in [0.4, 0.5) is 4.39 Å². The molecule has 2 aliphatic carbocycles. The molecule has 2 saturated carbocycles. The van der Waals surface area contributed by atoms with Crippen molar-refractivity contribution in [3.05, 3.63) is 35.5 Å². The summed E-state index contributed by atoms with van der Waals surface area (Å²) in [6.45, 7) is 8.26. The van der Waals surface area contributed by atoms with Gasteiger partial charge in [0.15, 0.2) is 11.6 Å². The lowest BCUT2D eigenvalue weighted by atomic mass is 9.88. The molecular weight excluding hydrogens is 491 g/mol. The summed E-state index contributed by atoms with van der Waals surface area (Å²) in [4.78, 5) is 30.0. The van der Waals surface area contributed by atoms with E-state index in [1.807, 2.05) is 0 Å². The maximum atomic E-state index is 15.0. The quantitative estimate of drug-likeness (QED) is 0.212. The first-order chi connectivity index (χ1) is 17.6. The van der Waals surface area contributed by atoms with Gasteiger partial charge in [-0.1, -0.05) is 19.6 Å². The van der Waals surface area contributed by atoms with Gasteiger partial charge in [-0.05, 0) is 56.8 Å². The van der Waals surface area contributed by atoms with Crippen LogP contribution in [0.2, 0.25) is 25.7 Å². The second kappa shape index (κ2) is 10.0. The third-order valence-electron chi connectivity index (χ3n) is 7.90. The average molecular weight is 529 g/mol. The van der Waals surface area contributed by atoms with Crippen molar-refractivity contribution < 1.29 is 23.5 Å². The normalized spacial score (nSPS) is 25.3. The van der Waals surface area contributed by atoms with Crippen LogP contribution < -0.4 is 5.32 Å². The van der Waals surface area contributed by atoms with E-state index in [1.165, 1.54) is 13.3 Å². The Labute approximate surface area is 218 Å². The first-order valence-electron chi connectivity index (χ1n) is 13.3. The fourth-order valence-electron chi connectivity index (χ4n) is 5.36. The van der Waals surface area contributed by atoms with Crippen molar-refractivity contribution in [2.45, 2.75) is 76.0 Å². The number of halogens is 1. The van der Waals surface area contributed by atoms with E-state index in [0.717, 1.165) is 24.6 Å². The molecule has 1 spiro atoms. The van der Waals surface area contributed by atoms with E-state index in [9.17, 15) is 9.59 Å². The lowest BCUT2D eigenvalue weighted by Crippen LogP contribution is -2.45. The Hall–Kier alpha value is -2.43. The molecule has 5 rings (SSSR count). The van der Waals surface area contributed by atoms with Crippen LogP contribution in [0.3, 0.4) is 0 Å². The number of hydrogen-bond acceptors (Lipinski definition) is 7. The molecule has 3 heterocycles. The summed E-state index contributed by atoms with van der Waals surface area (Å²) >= 11 is 0. The number of ether oxygens (including phenoxy) is 2. The Morgan fingerprint density at radius 1 is 1.22 bits per heavy atom. The summed E-state index contributed by atoms with van der Waals surface area (Å²) in [7, 11) is 0.132. The van der Waals surface area contributed by atoms with Crippen molar-refractivity contribution in [3.63, 3.8) is 0 Å². The number of carbonyl (C=O) groups is 2. The van der Waals surface area contributed by atoms with Gasteiger partial charge in [0.05, 0.1) is 24.9 Å². The number of Topliss-reactive ketones (excluding diaryl/α,β-unsaturated/α-hetero) is 1. The van der Waals surface area contributed by atoms with E-state index in [2.05, 4.69) is 35.0 Å². The molecule has 200 valence electrons. The lowest BCUT2D eigenvalue weighted by molar-refractivity contribution is -0.146. The second-order valence-corrected chi connectivity index (χ2v) is 17.7. The minimum absolute atomic E-state index is 0.0861. The summed E-state index contributed by atoms with van der Waals surface area (Å²) in [6, 6.07) is 4.48. The summed E-state index contributed by atoms with van der Waals surface area (Å²) in [6.07, 6.45) is 5.32. The first-order valence-corrected chi connectivity index (χ1v) is 17.0. The number of pyridine rings is 1. The maximum absolute atomic E-state index is 15.0. The third kappa shape index (κ3) is 5.71. The molecule has 3 fully saturated rings. The Bertz CT molecular complexity index is 1190. The van der Waals surface area contributed by atoms with E-state index in [0.29, 0.717) is 55.3 Å². The zero-order valence-electron chi connectivity index (χ0n) is 22.2. The van der Waals surface area contributed by atoms with Crippen LogP contribution in [-0.2, 0) is 21.0 Å². The molecule has 1 saturated heterocycles. The molecule has 37 heavy (non-hydrogen) atoms. The number of aromatic nitrogens is 3. The largest absolute Gasteiger partial charge is 0.469 e. The van der Waals surface area contributed by atoms with Gasteiger partial charge in [-0.15, -0.1) is 0 Å². The molecule has 0 bridgehead atoms. The Kier molecular flexibility index (Phi) is 7.10. The highest BCUT2D eigenvalue weighted by Gasteiger charge is 2.60. The number of piperidine rings is 1. The van der Waals surface area contributed by atoms with E-state index in [1.54, 1.807) is 16.8 Å². The highest BCUT2D eigenvalue weighted by molar-refractivity contribution is 6.76. The van der Waals surface area contributed by atoms with E-state index in [-0.39, 0.29) is 30.3 Å². The van der Waals surface area contributed by atoms with Crippen LogP contribution in [-0.4, -0.2) is 60.4 Å². The number of rotatable bonds is 10. The summed E-state index contributed by atoms with van der Waals surface area (Å²) < 4.78 is 27.5. The van der Waals surface area contributed by atoms with Crippen LogP contribution in [0.1, 0.15) is 54.2 Å². The molecular formula is C27H37FN4O4Si. The number of esters is 1. The van der Waals surface area contributed by atoms with Crippen molar-refractivity contribution in [1.82, 2.24) is 20.1 Å². The SMILES string of the molecule is COC(=O)C1CCNC2(C1)CC2C(=O)c1cc(-c2cc(C3CC3)ncc2F)n(COCC[Si](C)(C)C)n1. The topological polar surface area (TPSA) is 95.3 Å². The molecule has 3 unspecified atom stereocenters. The van der Waals surface area contributed by atoms with Crippen LogP contribution in [0.5, 0.6) is 0 Å². The molecule has 0 amide bonds. The number of nitrogens with one attached hydrogen (secondary N) is 1. The molecule has 0 radical (unpaired) electrons. The van der Waals surface area contributed by atoms with Gasteiger partial charge >= 0.3 is 5.97 Å². The van der Waals surface area contributed by atoms with E-state index >= 15 is 4.39 Å². The van der Waals surface area contributed by atoms with Gasteiger partial charge in [0.25, 0.3) is 0 Å². The van der Waals surface area contributed by atoms with Crippen LogP contribution >= 0.6 is 0 Å². The lowest BCUT2D eigenvalue weighted by Gasteiger charge is -2.29. The van der Waals surface area contributed by atoms with Crippen LogP contribution in [0, 0.1) is 17.7 Å². The molecule has 10 heteroatoms. The standard InChI is InChI=1S/C27H37FN4O4Si/c1-35-26(34)18-7-8-30-27(13-18)14-20(27)25(33)23-12-24(32(31-23)16-36-9-10-37(2,3)4)19-11-22(17-5-6-17)29-15-21(19)28/h11-12,15,17-18,20,30H,5-10,13-14,16H2,1-4H3. The van der Waals surface area contributed by atoms with Crippen molar-refractivity contribution in [2.24, 2.45) is 11.8 Å². The molecule has 2 aromatic heterocycles. The number of hydrogen-bond donors (Lipinski definition) is 1. The first kappa shape index (κ1) is 26.2. The highest BCUT2D eigenvalue weighted by Crippen LogP contribution is 2.52. The summed E-state index contributed by atoms with van der Waals surface area (Å²) in [5.41, 5.74) is 1.70. The van der Waals surface area contributed by atoms with Gasteiger partial charge in [-0.3, -0.25) is 14.6 Å². The Morgan fingerprint density at radius 3 is 2.70 bits per heavy atom. The average Bonchev–Trinajstić information content (AvgIpc) is 3.78. The number of nitrogens with zero attached hydrogens (tertiary/aromatic N) is 3. The van der Waals surface area contributed by atoms with Crippen molar-refractivity contribution >= 4 is 19.8 Å². The maximum Gasteiger partial charge on any atom is 0.308 e. The van der Waals surface area contributed by atoms with Crippen LogP contribution in [0.15, 0.2) is 18.3 Å². The number of methoxy groups -OCH3 is 1. The molecule has 3 aliphatic rings. The monoisotopic (exact) mass is 528 g/mol. The van der Waals surface area contributed by atoms with Gasteiger partial charge in [0, 0.05) is 43.3 Å². The van der Waals surface area contributed by atoms with E-state index < -0.39 is 19.4 Å². The van der Waals surface area contributed by atoms with Gasteiger partial charge in [-0.25, -0.2) is 9.07 Å². The molecule has 1 aliphatic heterocycles. The molecule has 1 N–H and O–H groups in total. The minimum atomic E-state index is -1.27. The Balaban J connectivity index is 1.39. The van der Waals surface area contributed by atoms with Crippen molar-refractivity contribution in [3.8, 4) is 11.3 Å². The van der Waals surface area contributed by atoms with Gasteiger partial charge in [0.2, 0.25) is 0 Å². The fraction of sp³-hybridized carbons (Fsp3) is 0.630. The van der Waals surface area contributed by atoms with Crippen LogP contribution in [0.25, 0.3) is 11.3 Å². The third-order valence-corrected chi connectivity index (χ3v) is 9.60. The molecule has 8 nitrogen and oxygen atoms in total. The zero-order valence-corrected chi connectivity index (χ0v) is 23.2. The van der Waals surface area contributed by atoms with Crippen molar-refractivity contribution in [1.29, 1.82) is 0 Å². The fourth-order valence-corrected chi connectivity index (χ4v) is 6.12.